The molecule has 2 nitrogen and oxygen atoms in total. The molecule has 5 heteroatoms. The Morgan fingerprint density at radius 3 is 2.24 bits per heavy atom. The first-order valence-corrected chi connectivity index (χ1v) is 7.36. The third-order valence-electron chi connectivity index (χ3n) is 3.28. The van der Waals surface area contributed by atoms with Crippen molar-refractivity contribution in [2.75, 3.05) is 24.3 Å². The molecule has 1 N–H and O–H groups in total. The maximum absolute atomic E-state index is 13.8. The van der Waals surface area contributed by atoms with Gasteiger partial charge in [-0.25, -0.2) is 8.78 Å². The number of benzene rings is 2. The number of nitrogens with zero attached hydrogens (tertiary/aromatic N) is 1. The molecule has 0 aliphatic carbocycles. The summed E-state index contributed by atoms with van der Waals surface area (Å²) in [6.07, 6.45) is 0. The number of nitrogens with one attached hydrogen (secondary N) is 1. The Hall–Kier alpha value is -1.62. The summed E-state index contributed by atoms with van der Waals surface area (Å²) in [5, 5.41) is 3.07. The summed E-state index contributed by atoms with van der Waals surface area (Å²) in [6.45, 7) is 1.93. The highest BCUT2D eigenvalue weighted by Crippen LogP contribution is 2.30. The number of anilines is 2. The van der Waals surface area contributed by atoms with Crippen molar-refractivity contribution in [2.24, 2.45) is 0 Å². The summed E-state index contributed by atoms with van der Waals surface area (Å²) < 4.78 is 27.3. The van der Waals surface area contributed by atoms with E-state index in [-0.39, 0.29) is 11.7 Å². The fourth-order valence-corrected chi connectivity index (χ4v) is 2.56. The summed E-state index contributed by atoms with van der Waals surface area (Å²) in [7, 11) is 3.95. The fourth-order valence-electron chi connectivity index (χ4n) is 2.04. The van der Waals surface area contributed by atoms with E-state index in [1.54, 1.807) is 0 Å². The normalized spacial score (nSPS) is 12.1. The van der Waals surface area contributed by atoms with Crippen LogP contribution in [0.15, 0.2) is 40.9 Å². The lowest BCUT2D eigenvalue weighted by atomic mass is 10.1. The van der Waals surface area contributed by atoms with Gasteiger partial charge >= 0.3 is 0 Å². The van der Waals surface area contributed by atoms with Crippen molar-refractivity contribution in [2.45, 2.75) is 13.0 Å². The van der Waals surface area contributed by atoms with Crippen LogP contribution in [0.25, 0.3) is 0 Å². The van der Waals surface area contributed by atoms with E-state index in [2.05, 4.69) is 21.2 Å². The maximum atomic E-state index is 13.8. The second-order valence-corrected chi connectivity index (χ2v) is 5.95. The lowest BCUT2D eigenvalue weighted by Gasteiger charge is -2.19. The average Bonchev–Trinajstić information content (AvgIpc) is 2.42. The van der Waals surface area contributed by atoms with Crippen LogP contribution in [0, 0.1) is 11.6 Å². The number of halogens is 3. The van der Waals surface area contributed by atoms with Crippen LogP contribution in [-0.2, 0) is 0 Å². The van der Waals surface area contributed by atoms with Gasteiger partial charge in [0.1, 0.15) is 11.6 Å². The standard InChI is InChI=1S/C16H17BrF2N2/c1-10(11-4-6-13(7-5-11)21(2)3)20-16-14(17)8-12(18)9-15(16)19/h4-10,20H,1-3H3. The Labute approximate surface area is 131 Å². The Kier molecular flexibility index (Phi) is 4.83. The van der Waals surface area contributed by atoms with Gasteiger partial charge in [0, 0.05) is 36.4 Å². The minimum atomic E-state index is -0.612. The Morgan fingerprint density at radius 2 is 1.71 bits per heavy atom. The van der Waals surface area contributed by atoms with E-state index in [0.717, 1.165) is 17.3 Å². The van der Waals surface area contributed by atoms with Crippen molar-refractivity contribution in [3.8, 4) is 0 Å². The molecule has 0 radical (unpaired) electrons. The van der Waals surface area contributed by atoms with Gasteiger partial charge in [0.2, 0.25) is 0 Å². The van der Waals surface area contributed by atoms with Crippen LogP contribution >= 0.6 is 15.9 Å². The Bertz CT molecular complexity index is 604. The van der Waals surface area contributed by atoms with Crippen LogP contribution in [0.5, 0.6) is 0 Å². The van der Waals surface area contributed by atoms with Gasteiger partial charge in [0.15, 0.2) is 0 Å². The van der Waals surface area contributed by atoms with Gasteiger partial charge in [-0.2, -0.15) is 0 Å². The average molecular weight is 355 g/mol. The maximum Gasteiger partial charge on any atom is 0.150 e. The smallest absolute Gasteiger partial charge is 0.150 e. The zero-order valence-electron chi connectivity index (χ0n) is 12.1. The molecule has 0 saturated carbocycles. The summed E-state index contributed by atoms with van der Waals surface area (Å²) in [6, 6.07) is 10.00. The highest BCUT2D eigenvalue weighted by atomic mass is 79.9. The molecule has 0 fully saturated rings. The van der Waals surface area contributed by atoms with E-state index >= 15 is 0 Å². The zero-order chi connectivity index (χ0) is 15.6. The number of hydrogen-bond donors (Lipinski definition) is 1. The quantitative estimate of drug-likeness (QED) is 0.833. The van der Waals surface area contributed by atoms with Gasteiger partial charge in [-0.05, 0) is 46.6 Å². The van der Waals surface area contributed by atoms with E-state index in [0.29, 0.717) is 4.47 Å². The van der Waals surface area contributed by atoms with E-state index in [1.165, 1.54) is 6.07 Å². The van der Waals surface area contributed by atoms with Crippen LogP contribution in [0.3, 0.4) is 0 Å². The third kappa shape index (κ3) is 3.73. The minimum Gasteiger partial charge on any atom is -0.378 e. The van der Waals surface area contributed by atoms with Crippen molar-refractivity contribution in [3.63, 3.8) is 0 Å². The van der Waals surface area contributed by atoms with Gasteiger partial charge in [-0.1, -0.05) is 12.1 Å². The molecule has 112 valence electrons. The Balaban J connectivity index is 2.20. The Morgan fingerprint density at radius 1 is 1.10 bits per heavy atom. The molecule has 0 bridgehead atoms. The van der Waals surface area contributed by atoms with Crippen LogP contribution in [-0.4, -0.2) is 14.1 Å². The summed E-state index contributed by atoms with van der Waals surface area (Å²) in [5.74, 6) is -1.22. The monoisotopic (exact) mass is 354 g/mol. The van der Waals surface area contributed by atoms with Crippen LogP contribution < -0.4 is 10.2 Å². The molecular weight excluding hydrogens is 338 g/mol. The molecule has 0 saturated heterocycles. The molecule has 0 aliphatic rings. The summed E-state index contributed by atoms with van der Waals surface area (Å²) >= 11 is 3.18. The number of rotatable bonds is 4. The van der Waals surface area contributed by atoms with Gasteiger partial charge < -0.3 is 10.2 Å². The molecule has 0 aliphatic heterocycles. The fraction of sp³-hybridized carbons (Fsp3) is 0.250. The predicted octanol–water partition coefficient (Wildman–Crippen LogP) is 4.97. The molecule has 1 unspecified atom stereocenters. The van der Waals surface area contributed by atoms with Crippen molar-refractivity contribution < 1.29 is 8.78 Å². The predicted molar refractivity (Wildman–Crippen MR) is 86.9 cm³/mol. The molecule has 0 aromatic heterocycles. The minimum absolute atomic E-state index is 0.0996. The van der Waals surface area contributed by atoms with E-state index in [4.69, 9.17) is 0 Å². The zero-order valence-corrected chi connectivity index (χ0v) is 13.7. The molecule has 0 heterocycles. The van der Waals surface area contributed by atoms with Gasteiger partial charge in [0.25, 0.3) is 0 Å². The number of hydrogen-bond acceptors (Lipinski definition) is 2. The first-order chi connectivity index (χ1) is 9.88. The molecule has 21 heavy (non-hydrogen) atoms. The largest absolute Gasteiger partial charge is 0.378 e. The lowest BCUT2D eigenvalue weighted by Crippen LogP contribution is -2.11. The van der Waals surface area contributed by atoms with Crippen LogP contribution in [0.2, 0.25) is 0 Å². The van der Waals surface area contributed by atoms with Gasteiger partial charge in [-0.3, -0.25) is 0 Å². The van der Waals surface area contributed by atoms with Crippen molar-refractivity contribution in [1.29, 1.82) is 0 Å². The first kappa shape index (κ1) is 15.8. The lowest BCUT2D eigenvalue weighted by molar-refractivity contribution is 0.582. The van der Waals surface area contributed by atoms with E-state index in [9.17, 15) is 8.78 Å². The highest BCUT2D eigenvalue weighted by Gasteiger charge is 2.13. The first-order valence-electron chi connectivity index (χ1n) is 6.57. The van der Waals surface area contributed by atoms with Gasteiger partial charge in [-0.15, -0.1) is 0 Å². The highest BCUT2D eigenvalue weighted by molar-refractivity contribution is 9.10. The van der Waals surface area contributed by atoms with Crippen molar-refractivity contribution in [3.05, 3.63) is 58.1 Å². The molecule has 1 atom stereocenters. The summed E-state index contributed by atoms with van der Waals surface area (Å²) in [4.78, 5) is 2.01. The van der Waals surface area contributed by atoms with Gasteiger partial charge in [0.05, 0.1) is 5.69 Å². The third-order valence-corrected chi connectivity index (χ3v) is 3.90. The van der Waals surface area contributed by atoms with E-state index in [1.807, 2.05) is 50.2 Å². The molecule has 2 rings (SSSR count). The summed E-state index contributed by atoms with van der Waals surface area (Å²) in [5.41, 5.74) is 2.39. The molecular formula is C16H17BrF2N2. The van der Waals surface area contributed by atoms with Crippen molar-refractivity contribution in [1.82, 2.24) is 0 Å². The molecule has 2 aromatic carbocycles. The second kappa shape index (κ2) is 6.43. The van der Waals surface area contributed by atoms with Crippen LogP contribution in [0.4, 0.5) is 20.2 Å². The van der Waals surface area contributed by atoms with Crippen molar-refractivity contribution >= 4 is 27.3 Å². The topological polar surface area (TPSA) is 15.3 Å². The van der Waals surface area contributed by atoms with E-state index < -0.39 is 11.6 Å². The second-order valence-electron chi connectivity index (χ2n) is 5.10. The SMILES string of the molecule is CC(Nc1c(F)cc(F)cc1Br)c1ccc(N(C)C)cc1. The molecule has 0 spiro atoms. The molecule has 2 aromatic rings. The molecule has 0 amide bonds. The van der Waals surface area contributed by atoms with Crippen LogP contribution in [0.1, 0.15) is 18.5 Å².